The van der Waals surface area contributed by atoms with Gasteiger partial charge in [-0.05, 0) is 35.0 Å². The first-order valence-electron chi connectivity index (χ1n) is 7.86. The van der Waals surface area contributed by atoms with E-state index in [0.29, 0.717) is 5.92 Å². The molecule has 0 spiro atoms. The van der Waals surface area contributed by atoms with Crippen molar-refractivity contribution in [3.05, 3.63) is 22.4 Å². The fraction of sp³-hybridized carbons (Fsp3) is 0.750. The Labute approximate surface area is 137 Å². The number of hydrogen-bond donors (Lipinski definition) is 2. The van der Waals surface area contributed by atoms with Gasteiger partial charge in [0.15, 0.2) is 0 Å². The SMILES string of the molecule is CCCOC(CNCCNCC)C1C=CC(Br)=C(OC)C1. The highest BCUT2D eigenvalue weighted by atomic mass is 79.9. The number of ether oxygens (including phenoxy) is 2. The molecule has 0 saturated carbocycles. The van der Waals surface area contributed by atoms with Crippen molar-refractivity contribution in [3.8, 4) is 0 Å². The van der Waals surface area contributed by atoms with Gasteiger partial charge in [0.2, 0.25) is 0 Å². The predicted molar refractivity (Wildman–Crippen MR) is 91.7 cm³/mol. The number of nitrogens with one attached hydrogen (secondary N) is 2. The summed E-state index contributed by atoms with van der Waals surface area (Å²) in [6.07, 6.45) is 6.42. The topological polar surface area (TPSA) is 42.5 Å². The highest BCUT2D eigenvalue weighted by molar-refractivity contribution is 9.11. The number of hydrogen-bond acceptors (Lipinski definition) is 4. The standard InChI is InChI=1S/C16H29BrN2O2/c1-4-10-21-16(12-19-9-8-18-5-2)13-6-7-14(17)15(11-13)20-3/h6-7,13,16,18-19H,4-5,8-12H2,1-3H3. The molecule has 1 aliphatic carbocycles. The summed E-state index contributed by atoms with van der Waals surface area (Å²) in [4.78, 5) is 0. The highest BCUT2D eigenvalue weighted by Crippen LogP contribution is 2.30. The molecule has 0 bridgehead atoms. The normalized spacial score (nSPS) is 19.9. The van der Waals surface area contributed by atoms with Gasteiger partial charge in [0, 0.05) is 38.6 Å². The van der Waals surface area contributed by atoms with Crippen LogP contribution in [-0.2, 0) is 9.47 Å². The lowest BCUT2D eigenvalue weighted by Crippen LogP contribution is -2.38. The molecule has 0 heterocycles. The largest absolute Gasteiger partial charge is 0.500 e. The molecule has 4 nitrogen and oxygen atoms in total. The summed E-state index contributed by atoms with van der Waals surface area (Å²) in [7, 11) is 1.73. The second-order valence-corrected chi connectivity index (χ2v) is 6.02. The number of halogens is 1. The van der Waals surface area contributed by atoms with Crippen molar-refractivity contribution < 1.29 is 9.47 Å². The zero-order chi connectivity index (χ0) is 15.5. The maximum Gasteiger partial charge on any atom is 0.110 e. The lowest BCUT2D eigenvalue weighted by atomic mass is 9.93. The quantitative estimate of drug-likeness (QED) is 0.556. The molecule has 21 heavy (non-hydrogen) atoms. The molecule has 0 aromatic heterocycles. The fourth-order valence-electron chi connectivity index (χ4n) is 2.32. The fourth-order valence-corrected chi connectivity index (χ4v) is 2.79. The smallest absolute Gasteiger partial charge is 0.110 e. The van der Waals surface area contributed by atoms with E-state index in [-0.39, 0.29) is 6.10 Å². The molecule has 0 radical (unpaired) electrons. The summed E-state index contributed by atoms with van der Waals surface area (Å²) in [6, 6.07) is 0. The van der Waals surface area contributed by atoms with E-state index in [1.807, 2.05) is 0 Å². The van der Waals surface area contributed by atoms with Crippen LogP contribution in [0.2, 0.25) is 0 Å². The van der Waals surface area contributed by atoms with Gasteiger partial charge < -0.3 is 20.1 Å². The molecule has 5 heteroatoms. The summed E-state index contributed by atoms with van der Waals surface area (Å²) >= 11 is 3.53. The van der Waals surface area contributed by atoms with Crippen LogP contribution in [0, 0.1) is 5.92 Å². The Bertz CT molecular complexity index is 345. The van der Waals surface area contributed by atoms with Crippen molar-refractivity contribution in [1.29, 1.82) is 0 Å². The molecule has 0 saturated heterocycles. The van der Waals surface area contributed by atoms with Crippen LogP contribution in [0.4, 0.5) is 0 Å². The second kappa shape index (κ2) is 11.2. The Morgan fingerprint density at radius 3 is 2.76 bits per heavy atom. The van der Waals surface area contributed by atoms with Crippen molar-refractivity contribution in [2.75, 3.05) is 39.9 Å². The number of rotatable bonds is 11. The van der Waals surface area contributed by atoms with E-state index >= 15 is 0 Å². The highest BCUT2D eigenvalue weighted by Gasteiger charge is 2.24. The third-order valence-electron chi connectivity index (χ3n) is 3.51. The number of likely N-dealkylation sites (N-methyl/N-ethyl adjacent to an activating group) is 1. The second-order valence-electron chi connectivity index (χ2n) is 5.17. The molecule has 0 amide bonds. The van der Waals surface area contributed by atoms with Gasteiger partial charge in [0.05, 0.1) is 17.7 Å². The molecule has 0 aliphatic heterocycles. The Balaban J connectivity index is 2.47. The number of allylic oxidation sites excluding steroid dienone is 3. The van der Waals surface area contributed by atoms with Crippen LogP contribution in [0.3, 0.4) is 0 Å². The van der Waals surface area contributed by atoms with Crippen molar-refractivity contribution in [1.82, 2.24) is 10.6 Å². The van der Waals surface area contributed by atoms with E-state index < -0.39 is 0 Å². The molecule has 2 N–H and O–H groups in total. The molecular formula is C16H29BrN2O2. The minimum atomic E-state index is 0.188. The molecule has 1 aliphatic rings. The van der Waals surface area contributed by atoms with Crippen molar-refractivity contribution in [3.63, 3.8) is 0 Å². The molecule has 1 rings (SSSR count). The van der Waals surface area contributed by atoms with E-state index in [4.69, 9.17) is 9.47 Å². The Kier molecular flexibility index (Phi) is 10.0. The lowest BCUT2D eigenvalue weighted by molar-refractivity contribution is 0.0225. The maximum absolute atomic E-state index is 6.04. The molecular weight excluding hydrogens is 332 g/mol. The van der Waals surface area contributed by atoms with Crippen LogP contribution in [0.15, 0.2) is 22.4 Å². The van der Waals surface area contributed by atoms with Gasteiger partial charge in [-0.15, -0.1) is 0 Å². The van der Waals surface area contributed by atoms with E-state index in [2.05, 4.69) is 52.6 Å². The van der Waals surface area contributed by atoms with Crippen molar-refractivity contribution in [2.24, 2.45) is 5.92 Å². The molecule has 122 valence electrons. The Morgan fingerprint density at radius 1 is 1.33 bits per heavy atom. The first-order chi connectivity index (χ1) is 10.2. The molecule has 2 atom stereocenters. The molecule has 0 aromatic rings. The number of methoxy groups -OCH3 is 1. The minimum absolute atomic E-state index is 0.188. The van der Waals surface area contributed by atoms with Gasteiger partial charge in [-0.1, -0.05) is 19.9 Å². The van der Waals surface area contributed by atoms with Gasteiger partial charge in [0.1, 0.15) is 5.76 Å². The maximum atomic E-state index is 6.04. The van der Waals surface area contributed by atoms with Crippen LogP contribution < -0.4 is 10.6 Å². The first-order valence-corrected chi connectivity index (χ1v) is 8.66. The van der Waals surface area contributed by atoms with Gasteiger partial charge in [0.25, 0.3) is 0 Å². The van der Waals surface area contributed by atoms with Crippen LogP contribution in [0.5, 0.6) is 0 Å². The Hall–Kier alpha value is -0.360. The van der Waals surface area contributed by atoms with Crippen molar-refractivity contribution >= 4 is 15.9 Å². The van der Waals surface area contributed by atoms with Gasteiger partial charge in [-0.25, -0.2) is 0 Å². The third kappa shape index (κ3) is 6.96. The minimum Gasteiger partial charge on any atom is -0.500 e. The Morgan fingerprint density at radius 2 is 2.10 bits per heavy atom. The van der Waals surface area contributed by atoms with Crippen LogP contribution in [0.25, 0.3) is 0 Å². The van der Waals surface area contributed by atoms with E-state index in [9.17, 15) is 0 Å². The summed E-state index contributed by atoms with van der Waals surface area (Å²) in [5.74, 6) is 1.36. The third-order valence-corrected chi connectivity index (χ3v) is 4.22. The van der Waals surface area contributed by atoms with Gasteiger partial charge >= 0.3 is 0 Å². The van der Waals surface area contributed by atoms with Crippen LogP contribution in [-0.4, -0.2) is 46.0 Å². The summed E-state index contributed by atoms with van der Waals surface area (Å²) in [5.41, 5.74) is 0. The van der Waals surface area contributed by atoms with E-state index in [1.54, 1.807) is 7.11 Å². The average Bonchev–Trinajstić information content (AvgIpc) is 2.51. The summed E-state index contributed by atoms with van der Waals surface area (Å²) in [5, 5.41) is 6.80. The summed E-state index contributed by atoms with van der Waals surface area (Å²) in [6.45, 7) is 8.91. The lowest BCUT2D eigenvalue weighted by Gasteiger charge is -2.28. The zero-order valence-corrected chi connectivity index (χ0v) is 15.0. The van der Waals surface area contributed by atoms with Crippen molar-refractivity contribution in [2.45, 2.75) is 32.8 Å². The van der Waals surface area contributed by atoms with Gasteiger partial charge in [-0.2, -0.15) is 0 Å². The first kappa shape index (κ1) is 18.7. The summed E-state index contributed by atoms with van der Waals surface area (Å²) < 4.78 is 12.5. The zero-order valence-electron chi connectivity index (χ0n) is 13.5. The van der Waals surface area contributed by atoms with Crippen LogP contribution >= 0.6 is 15.9 Å². The molecule has 2 unspecified atom stereocenters. The predicted octanol–water partition coefficient (Wildman–Crippen LogP) is 2.81. The van der Waals surface area contributed by atoms with Gasteiger partial charge in [-0.3, -0.25) is 0 Å². The van der Waals surface area contributed by atoms with Crippen LogP contribution in [0.1, 0.15) is 26.7 Å². The molecule has 0 aromatic carbocycles. The molecule has 0 fully saturated rings. The van der Waals surface area contributed by atoms with E-state index in [1.165, 1.54) is 0 Å². The van der Waals surface area contributed by atoms with E-state index in [0.717, 1.165) is 55.9 Å². The monoisotopic (exact) mass is 360 g/mol. The average molecular weight is 361 g/mol.